The van der Waals surface area contributed by atoms with E-state index in [-0.39, 0.29) is 24.0 Å². The van der Waals surface area contributed by atoms with Gasteiger partial charge in [-0.3, -0.25) is 10.3 Å². The van der Waals surface area contributed by atoms with E-state index in [1.807, 2.05) is 76.2 Å². The number of carbonyl (C=O) groups is 1. The number of carbonyl (C=O) groups excluding carboxylic acids is 1. The van der Waals surface area contributed by atoms with Crippen LogP contribution in [-0.2, 0) is 11.2 Å². The number of anilines is 2. The lowest BCUT2D eigenvalue weighted by Crippen LogP contribution is -2.27. The van der Waals surface area contributed by atoms with Crippen molar-refractivity contribution in [1.29, 1.82) is 0 Å². The number of guanidine groups is 1. The summed E-state index contributed by atoms with van der Waals surface area (Å²) in [6, 6.07) is 15.6. The quantitative estimate of drug-likeness (QED) is 0.311. The molecule has 0 aliphatic heterocycles. The summed E-state index contributed by atoms with van der Waals surface area (Å²) in [6.07, 6.45) is 0.290. The number of hydrogen-bond donors (Lipinski definition) is 3. The van der Waals surface area contributed by atoms with Gasteiger partial charge in [0.2, 0.25) is 0 Å². The van der Waals surface area contributed by atoms with E-state index in [1.165, 1.54) is 5.56 Å². The van der Waals surface area contributed by atoms with E-state index < -0.39 is 11.7 Å². The number of nitrogens with zero attached hydrogens (tertiary/aromatic N) is 1. The van der Waals surface area contributed by atoms with Gasteiger partial charge >= 0.3 is 6.09 Å². The number of nitrogens with two attached hydrogens (primary N) is 1. The molecule has 1 amide bonds. The van der Waals surface area contributed by atoms with Gasteiger partial charge in [0.1, 0.15) is 5.60 Å². The van der Waals surface area contributed by atoms with Crippen LogP contribution in [0.5, 0.6) is 0 Å². The Kier molecular flexibility index (Phi) is 9.24. The van der Waals surface area contributed by atoms with Crippen LogP contribution in [0.25, 0.3) is 0 Å². The topological polar surface area (TPSA) is 88.7 Å². The normalized spacial score (nSPS) is 11.4. The van der Waals surface area contributed by atoms with Gasteiger partial charge in [-0.05, 0) is 63.9 Å². The first-order chi connectivity index (χ1) is 12.7. The maximum atomic E-state index is 11.8. The van der Waals surface area contributed by atoms with Gasteiger partial charge in [-0.2, -0.15) is 0 Å². The number of aliphatic imine (C=N–C) groups is 1. The number of benzene rings is 2. The summed E-state index contributed by atoms with van der Waals surface area (Å²) in [5.74, 6) is 0.391. The van der Waals surface area contributed by atoms with E-state index in [9.17, 15) is 4.79 Å². The van der Waals surface area contributed by atoms with Crippen molar-refractivity contribution in [1.82, 2.24) is 0 Å². The highest BCUT2D eigenvalue weighted by molar-refractivity contribution is 14.0. The highest BCUT2D eigenvalue weighted by Crippen LogP contribution is 2.13. The summed E-state index contributed by atoms with van der Waals surface area (Å²) >= 11 is 0. The third-order valence-electron chi connectivity index (χ3n) is 3.61. The monoisotopic (exact) mass is 496 g/mol. The Labute approximate surface area is 184 Å². The van der Waals surface area contributed by atoms with Gasteiger partial charge in [-0.15, -0.1) is 24.0 Å². The maximum absolute atomic E-state index is 11.8. The zero-order valence-electron chi connectivity index (χ0n) is 16.8. The lowest BCUT2D eigenvalue weighted by atomic mass is 10.1. The van der Waals surface area contributed by atoms with Gasteiger partial charge in [0, 0.05) is 17.9 Å². The molecule has 7 heteroatoms. The second-order valence-corrected chi connectivity index (χ2v) is 7.33. The Morgan fingerprint density at radius 3 is 2.11 bits per heavy atom. The van der Waals surface area contributed by atoms with E-state index in [0.29, 0.717) is 18.2 Å². The fourth-order valence-corrected chi connectivity index (χ4v) is 2.31. The van der Waals surface area contributed by atoms with E-state index >= 15 is 0 Å². The van der Waals surface area contributed by atoms with Crippen LogP contribution in [0.15, 0.2) is 53.5 Å². The molecule has 2 aromatic rings. The number of hydrogen-bond acceptors (Lipinski definition) is 3. The molecule has 0 radical (unpaired) electrons. The summed E-state index contributed by atoms with van der Waals surface area (Å²) < 4.78 is 5.23. The summed E-state index contributed by atoms with van der Waals surface area (Å²) in [7, 11) is 0. The van der Waals surface area contributed by atoms with Gasteiger partial charge < -0.3 is 15.8 Å². The third-order valence-corrected chi connectivity index (χ3v) is 3.61. The number of nitrogens with one attached hydrogen (secondary N) is 2. The van der Waals surface area contributed by atoms with E-state index in [4.69, 9.17) is 10.5 Å². The lowest BCUT2D eigenvalue weighted by molar-refractivity contribution is 0.0636. The fourth-order valence-electron chi connectivity index (χ4n) is 2.31. The minimum absolute atomic E-state index is 0. The fraction of sp³-hybridized carbons (Fsp3) is 0.333. The van der Waals surface area contributed by atoms with Gasteiger partial charge in [0.15, 0.2) is 5.96 Å². The van der Waals surface area contributed by atoms with Crippen molar-refractivity contribution in [3.8, 4) is 0 Å². The second kappa shape index (κ2) is 10.9. The molecule has 0 bridgehead atoms. The van der Waals surface area contributed by atoms with Crippen LogP contribution in [0.2, 0.25) is 0 Å². The Morgan fingerprint density at radius 1 is 1.00 bits per heavy atom. The van der Waals surface area contributed by atoms with E-state index in [1.54, 1.807) is 0 Å². The molecule has 28 heavy (non-hydrogen) atoms. The molecular formula is C21H29IN4O2. The molecule has 0 aliphatic rings. The number of ether oxygens (including phenoxy) is 1. The van der Waals surface area contributed by atoms with Gasteiger partial charge in [0.25, 0.3) is 0 Å². The molecule has 0 unspecified atom stereocenters. The average molecular weight is 496 g/mol. The Balaban J connectivity index is 0.00000392. The largest absolute Gasteiger partial charge is 0.444 e. The zero-order valence-corrected chi connectivity index (χ0v) is 19.1. The Bertz CT molecular complexity index is 782. The standard InChI is InChI=1S/C21H28N4O2.HI/c1-15-5-9-17(10-6-15)24-19(22)23-14-13-16-7-11-18(12-8-16)25-20(26)27-21(2,3)4;/h5-12H,13-14H2,1-4H3,(H,25,26)(H3,22,23,24);1H. The number of halogens is 1. The molecule has 0 atom stereocenters. The molecule has 2 aromatic carbocycles. The van der Waals surface area contributed by atoms with Gasteiger partial charge in [0.05, 0.1) is 0 Å². The van der Waals surface area contributed by atoms with Crippen LogP contribution in [0, 0.1) is 6.92 Å². The number of rotatable bonds is 5. The van der Waals surface area contributed by atoms with Crippen LogP contribution in [0.3, 0.4) is 0 Å². The number of amides is 1. The first-order valence-corrected chi connectivity index (χ1v) is 8.94. The lowest BCUT2D eigenvalue weighted by Gasteiger charge is -2.19. The van der Waals surface area contributed by atoms with Crippen molar-refractivity contribution < 1.29 is 9.53 Å². The predicted octanol–water partition coefficient (Wildman–Crippen LogP) is 4.93. The van der Waals surface area contributed by atoms with Gasteiger partial charge in [-0.25, -0.2) is 4.79 Å². The molecule has 0 saturated heterocycles. The summed E-state index contributed by atoms with van der Waals surface area (Å²) in [6.45, 7) is 8.10. The molecule has 0 aliphatic carbocycles. The summed E-state index contributed by atoms with van der Waals surface area (Å²) in [4.78, 5) is 16.1. The Hall–Kier alpha value is -2.29. The summed E-state index contributed by atoms with van der Waals surface area (Å²) in [5.41, 5.74) is 9.31. The first-order valence-electron chi connectivity index (χ1n) is 8.94. The highest BCUT2D eigenvalue weighted by atomic mass is 127. The van der Waals surface area contributed by atoms with Crippen LogP contribution < -0.4 is 16.4 Å². The molecule has 2 rings (SSSR count). The molecule has 0 spiro atoms. The van der Waals surface area contributed by atoms with Crippen molar-refractivity contribution in [3.63, 3.8) is 0 Å². The van der Waals surface area contributed by atoms with Crippen LogP contribution >= 0.6 is 24.0 Å². The predicted molar refractivity (Wildman–Crippen MR) is 127 cm³/mol. The SMILES string of the molecule is Cc1ccc(NC(N)=NCCc2ccc(NC(=O)OC(C)(C)C)cc2)cc1.I. The van der Waals surface area contributed by atoms with Crippen molar-refractivity contribution in [2.75, 3.05) is 17.2 Å². The summed E-state index contributed by atoms with van der Waals surface area (Å²) in [5, 5.41) is 5.78. The minimum atomic E-state index is -0.519. The molecule has 6 nitrogen and oxygen atoms in total. The van der Waals surface area contributed by atoms with Crippen molar-refractivity contribution in [2.45, 2.75) is 39.7 Å². The first kappa shape index (κ1) is 23.7. The molecule has 0 saturated carbocycles. The second-order valence-electron chi connectivity index (χ2n) is 7.33. The van der Waals surface area contributed by atoms with E-state index in [0.717, 1.165) is 17.7 Å². The van der Waals surface area contributed by atoms with Crippen LogP contribution in [0.4, 0.5) is 16.2 Å². The minimum Gasteiger partial charge on any atom is -0.444 e. The Morgan fingerprint density at radius 2 is 1.54 bits per heavy atom. The van der Waals surface area contributed by atoms with Crippen molar-refractivity contribution >= 4 is 47.4 Å². The third kappa shape index (κ3) is 9.07. The van der Waals surface area contributed by atoms with Crippen LogP contribution in [0.1, 0.15) is 31.9 Å². The number of aryl methyl sites for hydroxylation is 1. The average Bonchev–Trinajstić information content (AvgIpc) is 2.57. The zero-order chi connectivity index (χ0) is 19.9. The van der Waals surface area contributed by atoms with Crippen LogP contribution in [-0.4, -0.2) is 24.2 Å². The van der Waals surface area contributed by atoms with E-state index in [2.05, 4.69) is 15.6 Å². The molecule has 0 aromatic heterocycles. The van der Waals surface area contributed by atoms with Gasteiger partial charge in [-0.1, -0.05) is 29.8 Å². The molecule has 152 valence electrons. The molecular weight excluding hydrogens is 467 g/mol. The van der Waals surface area contributed by atoms with Crippen molar-refractivity contribution in [2.24, 2.45) is 10.7 Å². The smallest absolute Gasteiger partial charge is 0.412 e. The maximum Gasteiger partial charge on any atom is 0.412 e. The molecule has 0 heterocycles. The van der Waals surface area contributed by atoms with Crippen molar-refractivity contribution in [3.05, 3.63) is 59.7 Å². The highest BCUT2D eigenvalue weighted by Gasteiger charge is 2.15. The molecule has 0 fully saturated rings. The molecule has 4 N–H and O–H groups in total.